The molecular weight excluding hydrogens is 238 g/mol. The van der Waals surface area contributed by atoms with Gasteiger partial charge in [-0.1, -0.05) is 18.2 Å². The van der Waals surface area contributed by atoms with Crippen LogP contribution in [0.1, 0.15) is 11.1 Å². The minimum Gasteiger partial charge on any atom is -0.480 e. The quantitative estimate of drug-likeness (QED) is 0.854. The zero-order valence-electron chi connectivity index (χ0n) is 8.92. The van der Waals surface area contributed by atoms with E-state index in [1.54, 1.807) is 11.8 Å². The van der Waals surface area contributed by atoms with E-state index in [1.165, 1.54) is 0 Å². The maximum Gasteiger partial charge on any atom is 0.321 e. The number of para-hydroxylation sites is 1. The summed E-state index contributed by atoms with van der Waals surface area (Å²) < 4.78 is 5.70. The molecule has 1 aliphatic rings. The van der Waals surface area contributed by atoms with Crippen molar-refractivity contribution in [2.24, 2.45) is 0 Å². The molecule has 1 aliphatic heterocycles. The summed E-state index contributed by atoms with van der Waals surface area (Å²) in [4.78, 5) is 10.8. The van der Waals surface area contributed by atoms with Crippen LogP contribution in [0.4, 0.5) is 0 Å². The fourth-order valence-corrected chi connectivity index (χ4v) is 3.07. The second-order valence-electron chi connectivity index (χ2n) is 3.96. The van der Waals surface area contributed by atoms with Crippen LogP contribution in [0.25, 0.3) is 11.0 Å². The molecule has 2 unspecified atom stereocenters. The van der Waals surface area contributed by atoms with E-state index in [1.807, 2.05) is 30.3 Å². The summed E-state index contributed by atoms with van der Waals surface area (Å²) in [5, 5.41) is 12.9. The lowest BCUT2D eigenvalue weighted by Crippen LogP contribution is -2.33. The van der Waals surface area contributed by atoms with Gasteiger partial charge in [-0.25, -0.2) is 0 Å². The van der Waals surface area contributed by atoms with Gasteiger partial charge in [-0.2, -0.15) is 0 Å². The molecule has 0 bridgehead atoms. The summed E-state index contributed by atoms with van der Waals surface area (Å²) in [5.74, 6) is 0.549. The summed E-state index contributed by atoms with van der Waals surface area (Å²) in [6, 6.07) is 9.24. The second-order valence-corrected chi connectivity index (χ2v) is 5.10. The van der Waals surface area contributed by atoms with Crippen molar-refractivity contribution in [2.45, 2.75) is 11.4 Å². The first-order valence-electron chi connectivity index (χ1n) is 5.33. The lowest BCUT2D eigenvalue weighted by molar-refractivity contribution is -0.138. The van der Waals surface area contributed by atoms with Gasteiger partial charge >= 0.3 is 5.97 Å². The molecule has 88 valence electrons. The molecular formula is C12H11NO3S. The Kier molecular flexibility index (Phi) is 2.57. The molecule has 0 saturated carbocycles. The van der Waals surface area contributed by atoms with E-state index >= 15 is 0 Å². The molecule has 2 N–H and O–H groups in total. The maximum absolute atomic E-state index is 10.8. The van der Waals surface area contributed by atoms with Crippen LogP contribution in [-0.4, -0.2) is 22.9 Å². The van der Waals surface area contributed by atoms with E-state index < -0.39 is 12.0 Å². The smallest absolute Gasteiger partial charge is 0.321 e. The summed E-state index contributed by atoms with van der Waals surface area (Å²) in [5.41, 5.74) is 0.837. The molecule has 2 aromatic rings. The molecule has 0 aliphatic carbocycles. The summed E-state index contributed by atoms with van der Waals surface area (Å²) >= 11 is 1.56. The predicted octanol–water partition coefficient (Wildman–Crippen LogP) is 2.22. The number of carboxylic acid groups (broad SMARTS) is 1. The van der Waals surface area contributed by atoms with Crippen molar-refractivity contribution in [2.75, 3.05) is 5.75 Å². The average Bonchev–Trinajstić information content (AvgIpc) is 2.95. The molecule has 5 heteroatoms. The van der Waals surface area contributed by atoms with Crippen LogP contribution in [0.15, 0.2) is 34.7 Å². The summed E-state index contributed by atoms with van der Waals surface area (Å²) in [6.45, 7) is 0. The topological polar surface area (TPSA) is 62.5 Å². The van der Waals surface area contributed by atoms with Gasteiger partial charge in [-0.3, -0.25) is 10.1 Å². The van der Waals surface area contributed by atoms with Gasteiger partial charge in [-0.15, -0.1) is 11.8 Å². The lowest BCUT2D eigenvalue weighted by Gasteiger charge is -2.06. The van der Waals surface area contributed by atoms with Crippen molar-refractivity contribution < 1.29 is 14.3 Å². The molecule has 1 saturated heterocycles. The van der Waals surface area contributed by atoms with E-state index in [-0.39, 0.29) is 5.37 Å². The predicted molar refractivity (Wildman–Crippen MR) is 66.0 cm³/mol. The Bertz CT molecular complexity index is 533. The third-order valence-corrected chi connectivity index (χ3v) is 4.01. The Morgan fingerprint density at radius 2 is 2.29 bits per heavy atom. The minimum absolute atomic E-state index is 0.0662. The number of aliphatic carboxylic acids is 1. The molecule has 1 aromatic carbocycles. The van der Waals surface area contributed by atoms with Crippen molar-refractivity contribution in [3.63, 3.8) is 0 Å². The van der Waals surface area contributed by atoms with Crippen molar-refractivity contribution in [3.8, 4) is 0 Å². The molecule has 3 rings (SSSR count). The molecule has 2 heterocycles. The number of furan rings is 1. The Labute approximate surface area is 102 Å². The van der Waals surface area contributed by atoms with Gasteiger partial charge in [0.15, 0.2) is 0 Å². The van der Waals surface area contributed by atoms with E-state index in [0.717, 1.165) is 16.7 Å². The molecule has 2 atom stereocenters. The number of nitrogens with one attached hydrogen (secondary N) is 1. The van der Waals surface area contributed by atoms with Crippen LogP contribution in [0.2, 0.25) is 0 Å². The second kappa shape index (κ2) is 4.09. The SMILES string of the molecule is O=C(O)C1CSC(c2cc3ccccc3o2)N1. The van der Waals surface area contributed by atoms with Crippen LogP contribution in [0, 0.1) is 0 Å². The van der Waals surface area contributed by atoms with Gasteiger partial charge in [0.2, 0.25) is 0 Å². The summed E-state index contributed by atoms with van der Waals surface area (Å²) in [7, 11) is 0. The van der Waals surface area contributed by atoms with Crippen molar-refractivity contribution >= 4 is 28.7 Å². The molecule has 17 heavy (non-hydrogen) atoms. The lowest BCUT2D eigenvalue weighted by atomic mass is 10.2. The number of thioether (sulfide) groups is 1. The molecule has 1 fully saturated rings. The fraction of sp³-hybridized carbons (Fsp3) is 0.250. The normalized spacial score (nSPS) is 24.2. The Balaban J connectivity index is 1.87. The first kappa shape index (κ1) is 10.7. The third kappa shape index (κ3) is 1.92. The average molecular weight is 249 g/mol. The van der Waals surface area contributed by atoms with Crippen molar-refractivity contribution in [1.29, 1.82) is 0 Å². The first-order valence-corrected chi connectivity index (χ1v) is 6.38. The Morgan fingerprint density at radius 3 is 3.00 bits per heavy atom. The Morgan fingerprint density at radius 1 is 1.47 bits per heavy atom. The van der Waals surface area contributed by atoms with E-state index in [2.05, 4.69) is 5.32 Å². The largest absolute Gasteiger partial charge is 0.480 e. The van der Waals surface area contributed by atoms with Crippen LogP contribution >= 0.6 is 11.8 Å². The number of benzene rings is 1. The minimum atomic E-state index is -0.809. The highest BCUT2D eigenvalue weighted by atomic mass is 32.2. The monoisotopic (exact) mass is 249 g/mol. The third-order valence-electron chi connectivity index (χ3n) is 2.78. The molecule has 4 nitrogen and oxygen atoms in total. The van der Waals surface area contributed by atoms with Gasteiger partial charge in [0.1, 0.15) is 22.8 Å². The summed E-state index contributed by atoms with van der Waals surface area (Å²) in [6.07, 6.45) is 0. The molecule has 0 spiro atoms. The van der Waals surface area contributed by atoms with E-state index in [0.29, 0.717) is 5.75 Å². The van der Waals surface area contributed by atoms with Gasteiger partial charge in [-0.05, 0) is 12.1 Å². The van der Waals surface area contributed by atoms with Crippen LogP contribution in [0.5, 0.6) is 0 Å². The zero-order valence-corrected chi connectivity index (χ0v) is 9.74. The van der Waals surface area contributed by atoms with Crippen molar-refractivity contribution in [3.05, 3.63) is 36.1 Å². The van der Waals surface area contributed by atoms with Gasteiger partial charge in [0.05, 0.1) is 0 Å². The first-order chi connectivity index (χ1) is 8.24. The van der Waals surface area contributed by atoms with Gasteiger partial charge in [0.25, 0.3) is 0 Å². The number of rotatable bonds is 2. The number of hydrogen-bond donors (Lipinski definition) is 2. The highest BCUT2D eigenvalue weighted by Crippen LogP contribution is 2.35. The van der Waals surface area contributed by atoms with Gasteiger partial charge < -0.3 is 9.52 Å². The van der Waals surface area contributed by atoms with E-state index in [9.17, 15) is 4.79 Å². The molecule has 0 amide bonds. The maximum atomic E-state index is 10.8. The van der Waals surface area contributed by atoms with Crippen LogP contribution in [0.3, 0.4) is 0 Å². The van der Waals surface area contributed by atoms with Crippen LogP contribution in [-0.2, 0) is 4.79 Å². The number of carbonyl (C=O) groups is 1. The highest BCUT2D eigenvalue weighted by Gasteiger charge is 2.32. The Hall–Kier alpha value is -1.46. The zero-order chi connectivity index (χ0) is 11.8. The standard InChI is InChI=1S/C12H11NO3S/c14-12(15)8-6-17-11(13-8)10-5-7-3-1-2-4-9(7)16-10/h1-5,8,11,13H,6H2,(H,14,15). The highest BCUT2D eigenvalue weighted by molar-refractivity contribution is 7.99. The molecule has 0 radical (unpaired) electrons. The number of fused-ring (bicyclic) bond motifs is 1. The fourth-order valence-electron chi connectivity index (χ4n) is 1.91. The van der Waals surface area contributed by atoms with E-state index in [4.69, 9.17) is 9.52 Å². The van der Waals surface area contributed by atoms with Gasteiger partial charge in [0, 0.05) is 11.1 Å². The molecule has 1 aromatic heterocycles. The number of hydrogen-bond acceptors (Lipinski definition) is 4. The van der Waals surface area contributed by atoms with Crippen LogP contribution < -0.4 is 5.32 Å². The van der Waals surface area contributed by atoms with Crippen molar-refractivity contribution in [1.82, 2.24) is 5.32 Å². The number of carboxylic acids is 1.